The predicted octanol–water partition coefficient (Wildman–Crippen LogP) is 2.57. The monoisotopic (exact) mass is 304 g/mol. The molecule has 4 heteroatoms. The van der Waals surface area contributed by atoms with E-state index in [4.69, 9.17) is 10.5 Å². The molecule has 1 aliphatic heterocycles. The molecule has 2 N–H and O–H groups in total. The molecule has 0 bridgehead atoms. The first-order chi connectivity index (χ1) is 10.3. The standard InChI is InChI=1S/C18H28N2O2/c1-17(2,3)22-16(21)18(14-19)9-11-20(12-10-18)13-15-7-5-4-6-8-15/h4-8H,9-14,19H2,1-3H3. The van der Waals surface area contributed by atoms with Gasteiger partial charge in [-0.15, -0.1) is 0 Å². The molecular weight excluding hydrogens is 276 g/mol. The first-order valence-corrected chi connectivity index (χ1v) is 8.04. The molecule has 0 radical (unpaired) electrons. The molecule has 122 valence electrons. The number of carbonyl (C=O) groups excluding carboxylic acids is 1. The predicted molar refractivity (Wildman–Crippen MR) is 88.3 cm³/mol. The number of rotatable bonds is 4. The van der Waals surface area contributed by atoms with Gasteiger partial charge >= 0.3 is 5.97 Å². The van der Waals surface area contributed by atoms with Crippen LogP contribution in [0.1, 0.15) is 39.2 Å². The maximum atomic E-state index is 12.5. The van der Waals surface area contributed by atoms with E-state index < -0.39 is 11.0 Å². The first kappa shape index (κ1) is 17.0. The van der Waals surface area contributed by atoms with Gasteiger partial charge in [0, 0.05) is 13.1 Å². The van der Waals surface area contributed by atoms with Gasteiger partial charge in [0.05, 0.1) is 5.41 Å². The van der Waals surface area contributed by atoms with Crippen LogP contribution in [0.2, 0.25) is 0 Å². The van der Waals surface area contributed by atoms with Gasteiger partial charge in [-0.05, 0) is 52.3 Å². The number of ether oxygens (including phenoxy) is 1. The zero-order valence-corrected chi connectivity index (χ0v) is 14.0. The van der Waals surface area contributed by atoms with Crippen molar-refractivity contribution < 1.29 is 9.53 Å². The Morgan fingerprint density at radius 1 is 1.23 bits per heavy atom. The molecule has 2 rings (SSSR count). The number of piperidine rings is 1. The Labute approximate surface area is 133 Å². The minimum absolute atomic E-state index is 0.137. The Bertz CT molecular complexity index is 486. The second kappa shape index (κ2) is 6.80. The van der Waals surface area contributed by atoms with Gasteiger partial charge in [-0.2, -0.15) is 0 Å². The van der Waals surface area contributed by atoms with Gasteiger partial charge < -0.3 is 10.5 Å². The van der Waals surface area contributed by atoms with E-state index in [9.17, 15) is 4.79 Å². The van der Waals surface area contributed by atoms with Crippen LogP contribution >= 0.6 is 0 Å². The molecule has 1 heterocycles. The Balaban J connectivity index is 1.95. The molecule has 1 fully saturated rings. The van der Waals surface area contributed by atoms with E-state index in [0.29, 0.717) is 6.54 Å². The number of nitrogens with zero attached hydrogens (tertiary/aromatic N) is 1. The van der Waals surface area contributed by atoms with Crippen LogP contribution in [-0.4, -0.2) is 36.1 Å². The van der Waals surface area contributed by atoms with Crippen LogP contribution in [-0.2, 0) is 16.1 Å². The Kier molecular flexibility index (Phi) is 5.24. The summed E-state index contributed by atoms with van der Waals surface area (Å²) in [5.74, 6) is -0.137. The summed E-state index contributed by atoms with van der Waals surface area (Å²) >= 11 is 0. The molecule has 1 aromatic carbocycles. The summed E-state index contributed by atoms with van der Waals surface area (Å²) < 4.78 is 5.59. The van der Waals surface area contributed by atoms with E-state index in [1.165, 1.54) is 5.56 Å². The van der Waals surface area contributed by atoms with Crippen LogP contribution in [0, 0.1) is 5.41 Å². The van der Waals surface area contributed by atoms with Crippen molar-refractivity contribution in [2.24, 2.45) is 11.1 Å². The van der Waals surface area contributed by atoms with Crippen LogP contribution < -0.4 is 5.73 Å². The fraction of sp³-hybridized carbons (Fsp3) is 0.611. The Morgan fingerprint density at radius 2 is 1.82 bits per heavy atom. The van der Waals surface area contributed by atoms with Crippen molar-refractivity contribution in [2.75, 3.05) is 19.6 Å². The number of esters is 1. The number of likely N-dealkylation sites (tertiary alicyclic amines) is 1. The Hall–Kier alpha value is -1.39. The van der Waals surface area contributed by atoms with Gasteiger partial charge in [0.25, 0.3) is 0 Å². The minimum Gasteiger partial charge on any atom is -0.460 e. The van der Waals surface area contributed by atoms with Crippen LogP contribution in [0.3, 0.4) is 0 Å². The molecule has 0 saturated carbocycles. The molecule has 0 atom stereocenters. The molecule has 0 unspecified atom stereocenters. The first-order valence-electron chi connectivity index (χ1n) is 8.04. The van der Waals surface area contributed by atoms with Gasteiger partial charge in [0.15, 0.2) is 0 Å². The van der Waals surface area contributed by atoms with E-state index in [0.717, 1.165) is 32.5 Å². The molecule has 1 aliphatic rings. The fourth-order valence-corrected chi connectivity index (χ4v) is 2.86. The quantitative estimate of drug-likeness (QED) is 0.869. The lowest BCUT2D eigenvalue weighted by atomic mass is 9.78. The Morgan fingerprint density at radius 3 is 2.32 bits per heavy atom. The zero-order valence-electron chi connectivity index (χ0n) is 14.0. The van der Waals surface area contributed by atoms with Gasteiger partial charge in [0.2, 0.25) is 0 Å². The number of carbonyl (C=O) groups is 1. The molecule has 0 spiro atoms. The second-order valence-corrected chi connectivity index (χ2v) is 7.25. The van der Waals surface area contributed by atoms with Crippen LogP contribution in [0.4, 0.5) is 0 Å². The van der Waals surface area contributed by atoms with E-state index in [2.05, 4.69) is 29.2 Å². The molecule has 0 amide bonds. The SMILES string of the molecule is CC(C)(C)OC(=O)C1(CN)CCN(Cc2ccccc2)CC1. The average molecular weight is 304 g/mol. The lowest BCUT2D eigenvalue weighted by molar-refractivity contribution is -0.170. The van der Waals surface area contributed by atoms with Crippen molar-refractivity contribution in [3.63, 3.8) is 0 Å². The maximum absolute atomic E-state index is 12.5. The van der Waals surface area contributed by atoms with Crippen molar-refractivity contribution in [1.29, 1.82) is 0 Å². The number of nitrogens with two attached hydrogens (primary N) is 1. The summed E-state index contributed by atoms with van der Waals surface area (Å²) in [4.78, 5) is 14.9. The summed E-state index contributed by atoms with van der Waals surface area (Å²) in [5, 5.41) is 0. The largest absolute Gasteiger partial charge is 0.460 e. The molecule has 1 aromatic rings. The van der Waals surface area contributed by atoms with Crippen molar-refractivity contribution >= 4 is 5.97 Å². The smallest absolute Gasteiger partial charge is 0.313 e. The fourth-order valence-electron chi connectivity index (χ4n) is 2.86. The zero-order chi connectivity index (χ0) is 16.2. The third kappa shape index (κ3) is 4.31. The van der Waals surface area contributed by atoms with Gasteiger partial charge in [-0.25, -0.2) is 0 Å². The van der Waals surface area contributed by atoms with E-state index in [1.54, 1.807) is 0 Å². The van der Waals surface area contributed by atoms with Gasteiger partial charge in [0.1, 0.15) is 5.60 Å². The van der Waals surface area contributed by atoms with Gasteiger partial charge in [-0.1, -0.05) is 30.3 Å². The van der Waals surface area contributed by atoms with Crippen LogP contribution in [0.15, 0.2) is 30.3 Å². The van der Waals surface area contributed by atoms with Gasteiger partial charge in [-0.3, -0.25) is 9.69 Å². The number of hydrogen-bond donors (Lipinski definition) is 1. The topological polar surface area (TPSA) is 55.6 Å². The molecule has 4 nitrogen and oxygen atoms in total. The average Bonchev–Trinajstić information content (AvgIpc) is 2.47. The van der Waals surface area contributed by atoms with Crippen molar-refractivity contribution in [3.05, 3.63) is 35.9 Å². The second-order valence-electron chi connectivity index (χ2n) is 7.25. The van der Waals surface area contributed by atoms with Crippen LogP contribution in [0.25, 0.3) is 0 Å². The van der Waals surface area contributed by atoms with Crippen molar-refractivity contribution in [1.82, 2.24) is 4.90 Å². The summed E-state index contributed by atoms with van der Waals surface area (Å²) in [6.45, 7) is 8.76. The van der Waals surface area contributed by atoms with E-state index in [1.807, 2.05) is 26.8 Å². The van der Waals surface area contributed by atoms with Crippen molar-refractivity contribution in [2.45, 2.75) is 45.8 Å². The molecule has 22 heavy (non-hydrogen) atoms. The highest BCUT2D eigenvalue weighted by Gasteiger charge is 2.42. The molecule has 0 aromatic heterocycles. The summed E-state index contributed by atoms with van der Waals surface area (Å²) in [7, 11) is 0. The highest BCUT2D eigenvalue weighted by atomic mass is 16.6. The number of benzene rings is 1. The summed E-state index contributed by atoms with van der Waals surface area (Å²) in [5.41, 5.74) is 6.27. The lowest BCUT2D eigenvalue weighted by Gasteiger charge is -2.40. The lowest BCUT2D eigenvalue weighted by Crippen LogP contribution is -2.50. The highest BCUT2D eigenvalue weighted by molar-refractivity contribution is 5.77. The normalized spacial score (nSPS) is 18.9. The molecular formula is C18H28N2O2. The highest BCUT2D eigenvalue weighted by Crippen LogP contribution is 2.33. The third-order valence-corrected chi connectivity index (χ3v) is 4.28. The number of hydrogen-bond acceptors (Lipinski definition) is 4. The third-order valence-electron chi connectivity index (χ3n) is 4.28. The van der Waals surface area contributed by atoms with E-state index >= 15 is 0 Å². The van der Waals surface area contributed by atoms with Crippen LogP contribution in [0.5, 0.6) is 0 Å². The minimum atomic E-state index is -0.513. The van der Waals surface area contributed by atoms with E-state index in [-0.39, 0.29) is 5.97 Å². The summed E-state index contributed by atoms with van der Waals surface area (Å²) in [6, 6.07) is 10.4. The maximum Gasteiger partial charge on any atom is 0.313 e. The summed E-state index contributed by atoms with van der Waals surface area (Å²) in [6.07, 6.45) is 1.54. The van der Waals surface area contributed by atoms with Crippen molar-refractivity contribution in [3.8, 4) is 0 Å². The molecule has 0 aliphatic carbocycles. The molecule has 1 saturated heterocycles.